The Labute approximate surface area is 354 Å². The summed E-state index contributed by atoms with van der Waals surface area (Å²) in [6.07, 6.45) is 54.3. The zero-order valence-corrected chi connectivity index (χ0v) is 38.1. The predicted molar refractivity (Wildman–Crippen MR) is 246 cm³/mol. The molecule has 2 unspecified atom stereocenters. The zero-order chi connectivity index (χ0) is 41.5. The average Bonchev–Trinajstić information content (AvgIpc) is 3.21. The molecule has 0 aromatic rings. The third-order valence-electron chi connectivity index (χ3n) is 11.5. The molecule has 1 amide bonds. The quantitative estimate of drug-likeness (QED) is 0.0324. The van der Waals surface area contributed by atoms with Gasteiger partial charge < -0.3 is 20.3 Å². The molecule has 3 N–H and O–H groups in total. The van der Waals surface area contributed by atoms with Crippen molar-refractivity contribution in [2.45, 2.75) is 276 Å². The molecular formula is C51H97NO5. The van der Waals surface area contributed by atoms with Crippen LogP contribution in [-0.2, 0) is 14.3 Å². The van der Waals surface area contributed by atoms with Crippen LogP contribution in [0.25, 0.3) is 0 Å². The minimum Gasteiger partial charge on any atom is -0.466 e. The zero-order valence-electron chi connectivity index (χ0n) is 38.1. The highest BCUT2D eigenvalue weighted by atomic mass is 16.5. The van der Waals surface area contributed by atoms with Gasteiger partial charge in [0.1, 0.15) is 0 Å². The fourth-order valence-electron chi connectivity index (χ4n) is 7.57. The molecule has 336 valence electrons. The van der Waals surface area contributed by atoms with Gasteiger partial charge in [0, 0.05) is 12.8 Å². The van der Waals surface area contributed by atoms with Crippen LogP contribution in [0, 0.1) is 0 Å². The number of ether oxygens (including phenoxy) is 1. The van der Waals surface area contributed by atoms with Gasteiger partial charge >= 0.3 is 5.97 Å². The predicted octanol–water partition coefficient (Wildman–Crippen LogP) is 14.7. The normalized spacial score (nSPS) is 12.8. The first-order chi connectivity index (χ1) is 28.0. The highest BCUT2D eigenvalue weighted by molar-refractivity contribution is 5.76. The Kier molecular flexibility index (Phi) is 45.7. The molecule has 0 aromatic heterocycles. The number of amides is 1. The van der Waals surface area contributed by atoms with E-state index in [0.717, 1.165) is 77.0 Å². The Morgan fingerprint density at radius 3 is 1.26 bits per heavy atom. The van der Waals surface area contributed by atoms with E-state index < -0.39 is 12.1 Å². The fraction of sp³-hybridized carbons (Fsp3) is 0.882. The molecule has 57 heavy (non-hydrogen) atoms. The monoisotopic (exact) mass is 804 g/mol. The Morgan fingerprint density at radius 2 is 0.825 bits per heavy atom. The number of carbonyl (C=O) groups is 2. The van der Waals surface area contributed by atoms with Crippen LogP contribution < -0.4 is 5.32 Å². The Balaban J connectivity index is 3.54. The van der Waals surface area contributed by atoms with Crippen LogP contribution in [0.4, 0.5) is 0 Å². The van der Waals surface area contributed by atoms with Gasteiger partial charge in [0.25, 0.3) is 0 Å². The second kappa shape index (κ2) is 47.0. The number of hydrogen-bond donors (Lipinski definition) is 3. The highest BCUT2D eigenvalue weighted by Gasteiger charge is 2.20. The minimum atomic E-state index is -0.686. The van der Waals surface area contributed by atoms with Crippen molar-refractivity contribution < 1.29 is 24.5 Å². The van der Waals surface area contributed by atoms with E-state index in [0.29, 0.717) is 25.9 Å². The molecule has 0 bridgehead atoms. The lowest BCUT2D eigenvalue weighted by Crippen LogP contribution is -2.45. The van der Waals surface area contributed by atoms with Gasteiger partial charge in [-0.05, 0) is 77.0 Å². The summed E-state index contributed by atoms with van der Waals surface area (Å²) in [5, 5.41) is 23.2. The summed E-state index contributed by atoms with van der Waals surface area (Å²) in [7, 11) is 0. The first-order valence-electron chi connectivity index (χ1n) is 25.1. The molecule has 0 aliphatic rings. The maximum atomic E-state index is 12.4. The molecule has 0 aliphatic heterocycles. The summed E-state index contributed by atoms with van der Waals surface area (Å²) in [5.74, 6) is -0.116. The van der Waals surface area contributed by atoms with Crippen LogP contribution in [0.5, 0.6) is 0 Å². The Hall–Kier alpha value is -1.66. The summed E-state index contributed by atoms with van der Waals surface area (Å²) in [6, 6.07) is -0.567. The highest BCUT2D eigenvalue weighted by Crippen LogP contribution is 2.16. The second-order valence-electron chi connectivity index (χ2n) is 17.1. The second-order valence-corrected chi connectivity index (χ2v) is 17.1. The first-order valence-corrected chi connectivity index (χ1v) is 25.1. The van der Waals surface area contributed by atoms with Crippen molar-refractivity contribution in [3.63, 3.8) is 0 Å². The van der Waals surface area contributed by atoms with E-state index in [1.165, 1.54) is 154 Å². The summed E-state index contributed by atoms with van der Waals surface area (Å²) in [5.41, 5.74) is 0. The van der Waals surface area contributed by atoms with Crippen LogP contribution in [0.2, 0.25) is 0 Å². The van der Waals surface area contributed by atoms with Crippen molar-refractivity contribution >= 4 is 11.9 Å². The van der Waals surface area contributed by atoms with Crippen LogP contribution >= 0.6 is 0 Å². The maximum Gasteiger partial charge on any atom is 0.305 e. The Morgan fingerprint density at radius 1 is 0.474 bits per heavy atom. The third kappa shape index (κ3) is 43.7. The van der Waals surface area contributed by atoms with Gasteiger partial charge in [-0.25, -0.2) is 0 Å². The molecule has 0 radical (unpaired) electrons. The standard InChI is InChI=1S/C51H97NO5/c1-3-5-7-9-11-13-15-17-18-19-20-22-23-27-31-35-39-43-49(54)48(47-53)52-50(55)44-40-36-32-28-25-26-30-34-38-42-46-57-51(56)45-41-37-33-29-24-21-16-14-12-10-8-6-4-2/h14,16,26,30,48-49,53-54H,3-13,15,17-25,27-29,31-47H2,1-2H3,(H,52,55)/b16-14-,30-26-. The molecule has 0 heterocycles. The van der Waals surface area contributed by atoms with Gasteiger partial charge in [-0.2, -0.15) is 0 Å². The summed E-state index contributed by atoms with van der Waals surface area (Å²) in [4.78, 5) is 24.4. The number of rotatable bonds is 46. The van der Waals surface area contributed by atoms with E-state index in [1.807, 2.05) is 0 Å². The molecule has 0 rings (SSSR count). The molecular weight excluding hydrogens is 707 g/mol. The summed E-state index contributed by atoms with van der Waals surface area (Å²) >= 11 is 0. The van der Waals surface area contributed by atoms with Crippen molar-refractivity contribution in [3.05, 3.63) is 24.3 Å². The summed E-state index contributed by atoms with van der Waals surface area (Å²) < 4.78 is 5.42. The van der Waals surface area contributed by atoms with E-state index in [1.54, 1.807) is 0 Å². The number of allylic oxidation sites excluding steroid dienone is 4. The molecule has 6 heteroatoms. The van der Waals surface area contributed by atoms with Crippen molar-refractivity contribution in [1.82, 2.24) is 5.32 Å². The van der Waals surface area contributed by atoms with E-state index >= 15 is 0 Å². The molecule has 0 spiro atoms. The molecule has 0 aliphatic carbocycles. The van der Waals surface area contributed by atoms with Crippen LogP contribution in [0.3, 0.4) is 0 Å². The third-order valence-corrected chi connectivity index (χ3v) is 11.5. The molecule has 0 saturated heterocycles. The Bertz CT molecular complexity index is 889. The first kappa shape index (κ1) is 55.3. The van der Waals surface area contributed by atoms with E-state index in [9.17, 15) is 19.8 Å². The number of carbonyl (C=O) groups excluding carboxylic acids is 2. The smallest absolute Gasteiger partial charge is 0.305 e. The van der Waals surface area contributed by atoms with Crippen molar-refractivity contribution in [3.8, 4) is 0 Å². The van der Waals surface area contributed by atoms with Crippen molar-refractivity contribution in [1.29, 1.82) is 0 Å². The molecule has 0 fully saturated rings. The number of aliphatic hydroxyl groups is 2. The largest absolute Gasteiger partial charge is 0.466 e. The maximum absolute atomic E-state index is 12.4. The lowest BCUT2D eigenvalue weighted by molar-refractivity contribution is -0.143. The van der Waals surface area contributed by atoms with E-state index in [4.69, 9.17) is 4.74 Å². The number of esters is 1. The van der Waals surface area contributed by atoms with Gasteiger partial charge in [0.15, 0.2) is 0 Å². The fourth-order valence-corrected chi connectivity index (χ4v) is 7.57. The number of nitrogens with one attached hydrogen (secondary N) is 1. The molecule has 2 atom stereocenters. The van der Waals surface area contributed by atoms with Crippen molar-refractivity contribution in [2.75, 3.05) is 13.2 Å². The lowest BCUT2D eigenvalue weighted by atomic mass is 10.0. The van der Waals surface area contributed by atoms with Crippen LogP contribution in [0.15, 0.2) is 24.3 Å². The molecule has 0 aromatic carbocycles. The van der Waals surface area contributed by atoms with Gasteiger partial charge in [0.05, 0.1) is 25.4 Å². The topological polar surface area (TPSA) is 95.9 Å². The SMILES string of the molecule is CCCCCC/C=C\CCCCCCCC(=O)OCCCC/C=C\CCCCCCC(=O)NC(CO)C(O)CCCCCCCCCCCCCCCCCCC. The van der Waals surface area contributed by atoms with Crippen molar-refractivity contribution in [2.24, 2.45) is 0 Å². The van der Waals surface area contributed by atoms with Gasteiger partial charge in [-0.1, -0.05) is 199 Å². The lowest BCUT2D eigenvalue weighted by Gasteiger charge is -2.22. The van der Waals surface area contributed by atoms with Crippen LogP contribution in [0.1, 0.15) is 264 Å². The van der Waals surface area contributed by atoms with Gasteiger partial charge in [0.2, 0.25) is 5.91 Å². The minimum absolute atomic E-state index is 0.0456. The number of hydrogen-bond acceptors (Lipinski definition) is 5. The summed E-state index contributed by atoms with van der Waals surface area (Å²) in [6.45, 7) is 4.85. The molecule has 0 saturated carbocycles. The van der Waals surface area contributed by atoms with Gasteiger partial charge in [-0.15, -0.1) is 0 Å². The van der Waals surface area contributed by atoms with Gasteiger partial charge in [-0.3, -0.25) is 9.59 Å². The number of aliphatic hydroxyl groups excluding tert-OH is 2. The van der Waals surface area contributed by atoms with Crippen LogP contribution in [-0.4, -0.2) is 47.4 Å². The van der Waals surface area contributed by atoms with E-state index in [-0.39, 0.29) is 18.5 Å². The number of unbranched alkanes of at least 4 members (excludes halogenated alkanes) is 31. The molecule has 6 nitrogen and oxygen atoms in total. The van der Waals surface area contributed by atoms with E-state index in [2.05, 4.69) is 43.5 Å². The average molecular weight is 804 g/mol.